The normalized spacial score (nSPS) is 13.2. The van der Waals surface area contributed by atoms with Crippen LogP contribution in [0.4, 0.5) is 0 Å². The Bertz CT molecular complexity index is 1300. The Balaban J connectivity index is 3.84. The van der Waals surface area contributed by atoms with Gasteiger partial charge in [0.2, 0.25) is 0 Å². The van der Waals surface area contributed by atoms with Crippen LogP contribution >= 0.6 is 7.82 Å². The zero-order valence-corrected chi connectivity index (χ0v) is 53.1. The van der Waals surface area contributed by atoms with Crippen molar-refractivity contribution in [2.75, 3.05) is 47.5 Å². The van der Waals surface area contributed by atoms with Gasteiger partial charge in [0, 0.05) is 12.8 Å². The second-order valence-electron chi connectivity index (χ2n) is 24.6. The van der Waals surface area contributed by atoms with Crippen molar-refractivity contribution in [3.8, 4) is 0 Å². The third-order valence-corrected chi connectivity index (χ3v) is 16.5. The number of quaternary nitrogens is 1. The number of rotatable bonds is 64. The Morgan fingerprint density at radius 1 is 0.390 bits per heavy atom. The molecule has 458 valence electrons. The largest absolute Gasteiger partial charge is 0.756 e. The molecule has 0 N–H and O–H groups in total. The van der Waals surface area contributed by atoms with Gasteiger partial charge in [-0.25, -0.2) is 0 Å². The summed E-state index contributed by atoms with van der Waals surface area (Å²) in [5, 5.41) is 0. The third-order valence-electron chi connectivity index (χ3n) is 15.5. The molecule has 0 saturated heterocycles. The lowest BCUT2D eigenvalue weighted by Gasteiger charge is -2.28. The number of unbranched alkanes of at least 4 members (excludes halogenated alkanes) is 48. The van der Waals surface area contributed by atoms with Crippen molar-refractivity contribution in [3.05, 3.63) is 12.2 Å². The van der Waals surface area contributed by atoms with Crippen molar-refractivity contribution in [1.29, 1.82) is 0 Å². The van der Waals surface area contributed by atoms with Crippen molar-refractivity contribution < 1.29 is 42.1 Å². The van der Waals surface area contributed by atoms with E-state index < -0.39 is 26.5 Å². The lowest BCUT2D eigenvalue weighted by molar-refractivity contribution is -0.870. The molecule has 0 bridgehead atoms. The molecule has 0 rings (SSSR count). The van der Waals surface area contributed by atoms with Crippen LogP contribution in [-0.4, -0.2) is 70.0 Å². The fourth-order valence-corrected chi connectivity index (χ4v) is 11.0. The van der Waals surface area contributed by atoms with Gasteiger partial charge in [-0.15, -0.1) is 0 Å². The van der Waals surface area contributed by atoms with Gasteiger partial charge in [0.15, 0.2) is 6.10 Å². The fraction of sp³-hybridized carbons (Fsp3) is 0.940. The maximum atomic E-state index is 12.8. The minimum Gasteiger partial charge on any atom is -0.756 e. The fourth-order valence-electron chi connectivity index (χ4n) is 10.3. The van der Waals surface area contributed by atoms with E-state index in [0.29, 0.717) is 17.4 Å². The summed E-state index contributed by atoms with van der Waals surface area (Å²) in [6.45, 7) is 4.28. The Labute approximate surface area is 479 Å². The number of ether oxygens (including phenoxy) is 2. The molecule has 0 aliphatic heterocycles. The number of esters is 2. The monoisotopic (exact) mass is 1110 g/mol. The topological polar surface area (TPSA) is 111 Å². The number of carbonyl (C=O) groups is 2. The molecule has 77 heavy (non-hydrogen) atoms. The summed E-state index contributed by atoms with van der Waals surface area (Å²) in [6, 6.07) is 0. The first-order valence-electron chi connectivity index (χ1n) is 33.9. The van der Waals surface area contributed by atoms with E-state index in [4.69, 9.17) is 18.5 Å². The van der Waals surface area contributed by atoms with E-state index in [-0.39, 0.29) is 32.0 Å². The van der Waals surface area contributed by atoms with Gasteiger partial charge in [-0.05, 0) is 38.5 Å². The third kappa shape index (κ3) is 63.8. The first-order valence-corrected chi connectivity index (χ1v) is 35.4. The van der Waals surface area contributed by atoms with Gasteiger partial charge < -0.3 is 27.9 Å². The maximum Gasteiger partial charge on any atom is 0.306 e. The van der Waals surface area contributed by atoms with E-state index in [1.165, 1.54) is 270 Å². The highest BCUT2D eigenvalue weighted by molar-refractivity contribution is 7.45. The minimum absolute atomic E-state index is 0.0288. The Hall–Kier alpha value is -1.25. The smallest absolute Gasteiger partial charge is 0.306 e. The van der Waals surface area contributed by atoms with E-state index in [9.17, 15) is 19.0 Å². The molecule has 0 aliphatic rings. The number of hydrogen-bond donors (Lipinski definition) is 0. The molecule has 2 unspecified atom stereocenters. The Kier molecular flexibility index (Phi) is 58.4. The van der Waals surface area contributed by atoms with Crippen LogP contribution in [0.5, 0.6) is 0 Å². The van der Waals surface area contributed by atoms with Crippen LogP contribution in [0, 0.1) is 0 Å². The molecule has 0 aromatic carbocycles. The molecule has 0 fully saturated rings. The van der Waals surface area contributed by atoms with Crippen molar-refractivity contribution in [2.45, 2.75) is 360 Å². The van der Waals surface area contributed by atoms with Crippen LogP contribution in [0.2, 0.25) is 0 Å². The van der Waals surface area contributed by atoms with Crippen LogP contribution in [0.15, 0.2) is 12.2 Å². The van der Waals surface area contributed by atoms with E-state index >= 15 is 0 Å². The number of phosphoric ester groups is 1. The van der Waals surface area contributed by atoms with Gasteiger partial charge >= 0.3 is 11.9 Å². The van der Waals surface area contributed by atoms with E-state index in [1.807, 2.05) is 21.1 Å². The Morgan fingerprint density at radius 3 is 0.961 bits per heavy atom. The second kappa shape index (κ2) is 59.4. The van der Waals surface area contributed by atoms with Crippen molar-refractivity contribution in [2.24, 2.45) is 0 Å². The van der Waals surface area contributed by atoms with Gasteiger partial charge in [0.25, 0.3) is 7.82 Å². The number of likely N-dealkylation sites (N-methyl/N-ethyl adjacent to an activating group) is 1. The van der Waals surface area contributed by atoms with Crippen molar-refractivity contribution in [1.82, 2.24) is 0 Å². The molecular weight excluding hydrogens is 978 g/mol. The number of allylic oxidation sites excluding steroid dienone is 2. The highest BCUT2D eigenvalue weighted by Gasteiger charge is 2.22. The average molecular weight is 1110 g/mol. The lowest BCUT2D eigenvalue weighted by Crippen LogP contribution is -2.37. The molecule has 0 aromatic rings. The summed E-state index contributed by atoms with van der Waals surface area (Å²) in [5.74, 6) is -0.824. The SMILES string of the molecule is CCCCCCCC/C=C\CCCCCCCC(=O)OC(COC(=O)CCCCCCCCCCCCCCCCCCCCCCCCCCCCCCCCCCCCCCCC)COP(=O)([O-])OCC[N+](C)(C)C. The van der Waals surface area contributed by atoms with Crippen molar-refractivity contribution >= 4 is 19.8 Å². The van der Waals surface area contributed by atoms with Gasteiger partial charge in [-0.3, -0.25) is 14.2 Å². The van der Waals surface area contributed by atoms with E-state index in [0.717, 1.165) is 51.4 Å². The molecule has 0 aliphatic carbocycles. The number of carbonyl (C=O) groups excluding carboxylic acids is 2. The van der Waals surface area contributed by atoms with Crippen LogP contribution in [-0.2, 0) is 32.7 Å². The number of phosphoric acid groups is 1. The quantitative estimate of drug-likeness (QED) is 0.0195. The first-order chi connectivity index (χ1) is 37.5. The predicted molar refractivity (Wildman–Crippen MR) is 328 cm³/mol. The van der Waals surface area contributed by atoms with Gasteiger partial charge in [-0.2, -0.15) is 0 Å². The molecule has 2 atom stereocenters. The summed E-state index contributed by atoms with van der Waals surface area (Å²) in [7, 11) is 1.18. The lowest BCUT2D eigenvalue weighted by atomic mass is 10.0. The molecular formula is C67H132NO8P. The highest BCUT2D eigenvalue weighted by atomic mass is 31.2. The van der Waals surface area contributed by atoms with Gasteiger partial charge in [0.1, 0.15) is 19.8 Å². The predicted octanol–water partition coefficient (Wildman–Crippen LogP) is 20.9. The minimum atomic E-state index is -4.63. The molecule has 0 heterocycles. The van der Waals surface area contributed by atoms with Crippen LogP contribution in [0.1, 0.15) is 354 Å². The van der Waals surface area contributed by atoms with Crippen LogP contribution in [0.3, 0.4) is 0 Å². The summed E-state index contributed by atoms with van der Waals surface area (Å²) in [4.78, 5) is 37.9. The molecule has 10 heteroatoms. The molecule has 9 nitrogen and oxygen atoms in total. The summed E-state index contributed by atoms with van der Waals surface area (Å²) in [5.41, 5.74) is 0. The molecule has 0 spiro atoms. The molecule has 0 radical (unpaired) electrons. The summed E-state index contributed by atoms with van der Waals surface area (Å²) < 4.78 is 34.2. The van der Waals surface area contributed by atoms with Gasteiger partial charge in [-0.1, -0.05) is 315 Å². The van der Waals surface area contributed by atoms with Crippen LogP contribution in [0.25, 0.3) is 0 Å². The number of hydrogen-bond acceptors (Lipinski definition) is 8. The second-order valence-corrected chi connectivity index (χ2v) is 26.0. The molecule has 0 amide bonds. The van der Waals surface area contributed by atoms with Crippen molar-refractivity contribution in [3.63, 3.8) is 0 Å². The van der Waals surface area contributed by atoms with E-state index in [2.05, 4.69) is 26.0 Å². The van der Waals surface area contributed by atoms with Gasteiger partial charge in [0.05, 0.1) is 27.7 Å². The zero-order valence-electron chi connectivity index (χ0n) is 52.2. The average Bonchev–Trinajstić information content (AvgIpc) is 3.39. The first kappa shape index (κ1) is 75.8. The molecule has 0 saturated carbocycles. The molecule has 0 aromatic heterocycles. The number of nitrogens with zero attached hydrogens (tertiary/aromatic N) is 1. The van der Waals surface area contributed by atoms with E-state index in [1.54, 1.807) is 0 Å². The zero-order chi connectivity index (χ0) is 56.3. The highest BCUT2D eigenvalue weighted by Crippen LogP contribution is 2.38. The Morgan fingerprint density at radius 2 is 0.662 bits per heavy atom. The summed E-state index contributed by atoms with van der Waals surface area (Å²) in [6.07, 6.45) is 71.8. The standard InChI is InChI=1S/C67H132NO8P/c1-6-8-10-12-14-16-18-20-22-23-24-25-26-27-28-29-30-31-32-33-34-35-36-37-38-39-40-41-42-43-44-46-47-49-51-53-55-57-59-66(69)73-63-65(64-75-77(71,72)74-62-61-68(3,4)5)76-67(70)60-58-56-54-52-50-48-45-21-19-17-15-13-11-9-7-2/h21,45,65H,6-20,22-44,46-64H2,1-5H3/b45-21-. The summed E-state index contributed by atoms with van der Waals surface area (Å²) >= 11 is 0. The van der Waals surface area contributed by atoms with Crippen LogP contribution < -0.4 is 4.89 Å². The maximum absolute atomic E-state index is 12.8.